The van der Waals surface area contributed by atoms with E-state index in [0.717, 1.165) is 56.1 Å². The van der Waals surface area contributed by atoms with Gasteiger partial charge in [-0.3, -0.25) is 4.79 Å². The summed E-state index contributed by atoms with van der Waals surface area (Å²) in [5, 5.41) is 9.54. The molecule has 0 unspecified atom stereocenters. The molecule has 3 heterocycles. The van der Waals surface area contributed by atoms with E-state index < -0.39 is 8.07 Å². The Balaban J connectivity index is 1.30. The van der Waals surface area contributed by atoms with Crippen molar-refractivity contribution < 1.29 is 14.6 Å². The molecule has 0 spiro atoms. The molecule has 1 aliphatic heterocycles. The number of hydrogen-bond donors (Lipinski definition) is 1. The Morgan fingerprint density at radius 1 is 1.15 bits per heavy atom. The van der Waals surface area contributed by atoms with Crippen molar-refractivity contribution in [1.29, 1.82) is 0 Å². The molecule has 2 saturated carbocycles. The highest BCUT2D eigenvalue weighted by Gasteiger charge is 2.55. The van der Waals surface area contributed by atoms with E-state index in [0.29, 0.717) is 54.4 Å². The maximum absolute atomic E-state index is 14.0. The van der Waals surface area contributed by atoms with Gasteiger partial charge in [0.1, 0.15) is 12.2 Å². The predicted octanol–water partition coefficient (Wildman–Crippen LogP) is 6.24. The topological polar surface area (TPSA) is 80.5 Å². The van der Waals surface area contributed by atoms with Gasteiger partial charge >= 0.3 is 0 Å². The zero-order valence-corrected chi connectivity index (χ0v) is 25.5. The number of anilines is 1. The fraction of sp³-hybridized carbons (Fsp3) is 0.594. The third-order valence-electron chi connectivity index (χ3n) is 9.63. The van der Waals surface area contributed by atoms with Gasteiger partial charge in [-0.15, -0.1) is 0 Å². The molecule has 0 radical (unpaired) electrons. The summed E-state index contributed by atoms with van der Waals surface area (Å²) < 4.78 is 8.05. The number of piperidine rings is 1. The van der Waals surface area contributed by atoms with Crippen molar-refractivity contribution in [3.05, 3.63) is 42.2 Å². The lowest BCUT2D eigenvalue weighted by molar-refractivity contribution is 0.0747. The van der Waals surface area contributed by atoms with Crippen molar-refractivity contribution >= 4 is 30.7 Å². The molecule has 3 aromatic rings. The first kappa shape index (κ1) is 27.6. The number of rotatable bonds is 10. The molecular formula is C32H44N4O3Si. The molecule has 3 fully saturated rings. The molecule has 6 rings (SSSR count). The second kappa shape index (κ2) is 10.7. The second-order valence-corrected chi connectivity index (χ2v) is 19.5. The average molecular weight is 561 g/mol. The van der Waals surface area contributed by atoms with Crippen molar-refractivity contribution in [2.75, 3.05) is 31.2 Å². The number of hydrogen-bond acceptors (Lipinski definition) is 6. The number of Topliss-reactive ketones (excluding diaryl/α,β-unsaturated/α-hetero) is 1. The number of nitrogens with zero attached hydrogens (tertiary/aromatic N) is 4. The number of benzene rings is 1. The zero-order valence-electron chi connectivity index (χ0n) is 24.5. The molecule has 0 amide bonds. The van der Waals surface area contributed by atoms with Gasteiger partial charge in [0.25, 0.3) is 0 Å². The molecular weight excluding hydrogens is 516 g/mol. The van der Waals surface area contributed by atoms with Crippen LogP contribution in [0.25, 0.3) is 22.4 Å². The van der Waals surface area contributed by atoms with Gasteiger partial charge in [0.15, 0.2) is 11.4 Å². The third kappa shape index (κ3) is 5.38. The number of aliphatic hydroxyl groups is 1. The van der Waals surface area contributed by atoms with Gasteiger partial charge in [0, 0.05) is 57.2 Å². The smallest absolute Gasteiger partial charge is 0.172 e. The number of ether oxygens (including phenoxy) is 1. The first-order valence-electron chi connectivity index (χ1n) is 15.1. The van der Waals surface area contributed by atoms with Gasteiger partial charge in [-0.2, -0.15) is 0 Å². The molecule has 0 bridgehead atoms. The van der Waals surface area contributed by atoms with Gasteiger partial charge in [-0.05, 0) is 48.8 Å². The minimum absolute atomic E-state index is 0.188. The molecule has 7 nitrogen and oxygen atoms in total. The number of aliphatic hydroxyl groups excluding tert-OH is 1. The summed E-state index contributed by atoms with van der Waals surface area (Å²) >= 11 is 0. The van der Waals surface area contributed by atoms with E-state index in [1.165, 1.54) is 12.1 Å². The maximum Gasteiger partial charge on any atom is 0.172 e. The van der Waals surface area contributed by atoms with Crippen LogP contribution in [0, 0.1) is 23.2 Å². The number of ketones is 1. The SMILES string of the molecule is CC1(C(=O)c2cn(COCC[Si](C)(C)C)c3ncc(-c4cccc(N5C[C@@H]6[C@@H](CO)[C@@H]6C5)c4)nc23)CCCCC1. The monoisotopic (exact) mass is 560 g/mol. The largest absolute Gasteiger partial charge is 0.396 e. The van der Waals surface area contributed by atoms with Crippen LogP contribution in [-0.2, 0) is 11.5 Å². The number of fused-ring (bicyclic) bond motifs is 2. The normalized spacial score (nSPS) is 23.9. The van der Waals surface area contributed by atoms with E-state index in [9.17, 15) is 9.90 Å². The van der Waals surface area contributed by atoms with Gasteiger partial charge < -0.3 is 19.3 Å². The van der Waals surface area contributed by atoms with Crippen LogP contribution < -0.4 is 4.90 Å². The van der Waals surface area contributed by atoms with E-state index >= 15 is 0 Å². The van der Waals surface area contributed by atoms with Crippen LogP contribution >= 0.6 is 0 Å². The van der Waals surface area contributed by atoms with Crippen LogP contribution in [0.15, 0.2) is 36.7 Å². The third-order valence-corrected chi connectivity index (χ3v) is 11.3. The lowest BCUT2D eigenvalue weighted by atomic mass is 9.71. The van der Waals surface area contributed by atoms with Gasteiger partial charge in [0.2, 0.25) is 0 Å². The summed E-state index contributed by atoms with van der Waals surface area (Å²) in [4.78, 5) is 26.4. The molecule has 8 heteroatoms. The predicted molar refractivity (Wildman–Crippen MR) is 162 cm³/mol. The Labute approximate surface area is 239 Å². The van der Waals surface area contributed by atoms with E-state index in [4.69, 9.17) is 14.7 Å². The summed E-state index contributed by atoms with van der Waals surface area (Å²) in [6.07, 6.45) is 9.03. The van der Waals surface area contributed by atoms with Crippen LogP contribution in [0.3, 0.4) is 0 Å². The second-order valence-electron chi connectivity index (χ2n) is 13.9. The van der Waals surface area contributed by atoms with E-state index in [2.05, 4.69) is 55.7 Å². The Hall–Kier alpha value is -2.55. The molecule has 3 atom stereocenters. The molecule has 1 aromatic carbocycles. The van der Waals surface area contributed by atoms with Crippen molar-refractivity contribution in [2.24, 2.45) is 23.2 Å². The molecule has 2 aromatic heterocycles. The highest BCUT2D eigenvalue weighted by molar-refractivity contribution is 6.76. The van der Waals surface area contributed by atoms with Crippen LogP contribution in [-0.4, -0.2) is 59.8 Å². The Kier molecular flexibility index (Phi) is 7.38. The minimum Gasteiger partial charge on any atom is -0.396 e. The molecule has 40 heavy (non-hydrogen) atoms. The summed E-state index contributed by atoms with van der Waals surface area (Å²) in [6, 6.07) is 9.60. The molecule has 1 saturated heterocycles. The number of aromatic nitrogens is 3. The molecule has 1 N–H and O–H groups in total. The Bertz CT molecular complexity index is 1380. The molecule has 2 aliphatic carbocycles. The van der Waals surface area contributed by atoms with Gasteiger partial charge in [-0.25, -0.2) is 9.97 Å². The highest BCUT2D eigenvalue weighted by atomic mass is 28.3. The van der Waals surface area contributed by atoms with Crippen molar-refractivity contribution in [3.8, 4) is 11.3 Å². The first-order valence-corrected chi connectivity index (χ1v) is 18.8. The lowest BCUT2D eigenvalue weighted by Crippen LogP contribution is -2.30. The highest BCUT2D eigenvalue weighted by Crippen LogP contribution is 2.52. The van der Waals surface area contributed by atoms with Gasteiger partial charge in [-0.1, -0.05) is 58.0 Å². The Morgan fingerprint density at radius 3 is 2.60 bits per heavy atom. The van der Waals surface area contributed by atoms with Crippen molar-refractivity contribution in [1.82, 2.24) is 14.5 Å². The maximum atomic E-state index is 14.0. The fourth-order valence-electron chi connectivity index (χ4n) is 6.87. The fourth-order valence-corrected chi connectivity index (χ4v) is 7.63. The zero-order chi connectivity index (χ0) is 28.1. The molecule has 214 valence electrons. The standard InChI is InChI=1S/C32H44N4O3Si/c1-32(11-6-5-7-12-32)30(38)26-19-36(21-39-13-14-40(2,3)4)31-29(26)34-28(16-33-31)22-9-8-10-23(15-22)35-17-24-25(18-35)27(24)20-37/h8-10,15-16,19,24-25,27,37H,5-7,11-14,17-18,20-21H2,1-4H3/t24-,25+,27+. The van der Waals surface area contributed by atoms with Crippen molar-refractivity contribution in [3.63, 3.8) is 0 Å². The van der Waals surface area contributed by atoms with Crippen molar-refractivity contribution in [2.45, 2.75) is 71.4 Å². The van der Waals surface area contributed by atoms with Gasteiger partial charge in [0.05, 0.1) is 17.5 Å². The first-order chi connectivity index (χ1) is 19.2. The van der Waals surface area contributed by atoms with E-state index in [1.807, 2.05) is 17.0 Å². The lowest BCUT2D eigenvalue weighted by Gasteiger charge is -2.31. The number of carbonyl (C=O) groups excluding carboxylic acids is 1. The summed E-state index contributed by atoms with van der Waals surface area (Å²) in [5.41, 5.74) is 4.69. The quantitative estimate of drug-likeness (QED) is 0.180. The van der Waals surface area contributed by atoms with Crippen LogP contribution in [0.5, 0.6) is 0 Å². The average Bonchev–Trinajstić information content (AvgIpc) is 3.24. The summed E-state index contributed by atoms with van der Waals surface area (Å²) in [6.45, 7) is 12.6. The summed E-state index contributed by atoms with van der Waals surface area (Å²) in [7, 11) is -1.19. The summed E-state index contributed by atoms with van der Waals surface area (Å²) in [5.74, 6) is 1.91. The van der Waals surface area contributed by atoms with E-state index in [1.54, 1.807) is 0 Å². The van der Waals surface area contributed by atoms with E-state index in [-0.39, 0.29) is 11.2 Å². The van der Waals surface area contributed by atoms with Crippen LogP contribution in [0.2, 0.25) is 25.7 Å². The minimum atomic E-state index is -1.19. The molecule has 3 aliphatic rings. The van der Waals surface area contributed by atoms with Crippen LogP contribution in [0.1, 0.15) is 49.4 Å². The Morgan fingerprint density at radius 2 is 1.90 bits per heavy atom. The van der Waals surface area contributed by atoms with Crippen LogP contribution in [0.4, 0.5) is 5.69 Å². The number of carbonyl (C=O) groups is 1.